The Kier molecular flexibility index (Phi) is 4.05. The van der Waals surface area contributed by atoms with Crippen molar-refractivity contribution in [1.29, 1.82) is 0 Å². The van der Waals surface area contributed by atoms with Gasteiger partial charge in [-0.2, -0.15) is 0 Å². The van der Waals surface area contributed by atoms with Crippen molar-refractivity contribution in [2.75, 3.05) is 5.32 Å². The lowest BCUT2D eigenvalue weighted by Gasteiger charge is -2.44. The van der Waals surface area contributed by atoms with Crippen molar-refractivity contribution < 1.29 is 14.6 Å². The summed E-state index contributed by atoms with van der Waals surface area (Å²) in [6.07, 6.45) is 3.85. The Balaban J connectivity index is 1.48. The summed E-state index contributed by atoms with van der Waals surface area (Å²) in [5, 5.41) is 17.1. The number of nitrogens with one attached hydrogen (secondary N) is 2. The van der Waals surface area contributed by atoms with Crippen LogP contribution in [-0.2, 0) is 0 Å². The zero-order chi connectivity index (χ0) is 17.4. The van der Waals surface area contributed by atoms with Gasteiger partial charge in [0.2, 0.25) is 0 Å². The maximum absolute atomic E-state index is 12.5. The normalized spacial score (nSPS) is 27.3. The van der Waals surface area contributed by atoms with Crippen LogP contribution in [0.4, 0.5) is 5.69 Å². The number of ether oxygens (including phenoxy) is 1. The number of aryl methyl sites for hydroxylation is 1. The highest BCUT2D eigenvalue weighted by molar-refractivity contribution is 5.94. The van der Waals surface area contributed by atoms with Crippen LogP contribution in [0.25, 0.3) is 0 Å². The first-order valence-electron chi connectivity index (χ1n) is 8.54. The molecule has 25 heavy (non-hydrogen) atoms. The summed E-state index contributed by atoms with van der Waals surface area (Å²) in [5.74, 6) is 0.597. The summed E-state index contributed by atoms with van der Waals surface area (Å²) in [7, 11) is 0. The van der Waals surface area contributed by atoms with Crippen LogP contribution in [0.1, 0.15) is 28.8 Å². The standard InChI is InChI=1S/C19H21N3O3/c1-11-8-12(10-20-9-11)19(24)22-14-6-7-16-17(18(14)23)21-13-4-2-3-5-15(13)25-16/h2-5,8-10,14,16-18,21,23H,6-7H2,1H3,(H,22,24)/t14-,16-,17-,18-/m1/s1. The minimum Gasteiger partial charge on any atom is -0.486 e. The maximum atomic E-state index is 12.5. The Bertz CT molecular complexity index is 795. The van der Waals surface area contributed by atoms with Gasteiger partial charge in [-0.05, 0) is 43.5 Å². The lowest BCUT2D eigenvalue weighted by Crippen LogP contribution is -2.61. The van der Waals surface area contributed by atoms with Gasteiger partial charge in [-0.3, -0.25) is 9.78 Å². The number of amides is 1. The molecular weight excluding hydrogens is 318 g/mol. The zero-order valence-electron chi connectivity index (χ0n) is 14.0. The van der Waals surface area contributed by atoms with Crippen molar-refractivity contribution in [2.24, 2.45) is 0 Å². The summed E-state index contributed by atoms with van der Waals surface area (Å²) >= 11 is 0. The number of anilines is 1. The minimum absolute atomic E-state index is 0.0984. The van der Waals surface area contributed by atoms with Crippen LogP contribution in [0.15, 0.2) is 42.7 Å². The van der Waals surface area contributed by atoms with Crippen molar-refractivity contribution in [3.8, 4) is 5.75 Å². The van der Waals surface area contributed by atoms with Gasteiger partial charge in [0.1, 0.15) is 11.9 Å². The average Bonchev–Trinajstić information content (AvgIpc) is 2.63. The average molecular weight is 339 g/mol. The van der Waals surface area contributed by atoms with Crippen LogP contribution in [0.3, 0.4) is 0 Å². The largest absolute Gasteiger partial charge is 0.486 e. The van der Waals surface area contributed by atoms with Gasteiger partial charge in [-0.1, -0.05) is 12.1 Å². The number of rotatable bonds is 2. The molecule has 130 valence electrons. The molecule has 0 bridgehead atoms. The molecule has 3 N–H and O–H groups in total. The molecule has 1 fully saturated rings. The fourth-order valence-electron chi connectivity index (χ4n) is 3.59. The highest BCUT2D eigenvalue weighted by Crippen LogP contribution is 2.36. The van der Waals surface area contributed by atoms with Crippen LogP contribution in [0.5, 0.6) is 5.75 Å². The van der Waals surface area contributed by atoms with E-state index in [-0.39, 0.29) is 24.1 Å². The third-order valence-corrected chi connectivity index (χ3v) is 4.88. The second-order valence-electron chi connectivity index (χ2n) is 6.72. The fourth-order valence-corrected chi connectivity index (χ4v) is 3.59. The van der Waals surface area contributed by atoms with Gasteiger partial charge >= 0.3 is 0 Å². The van der Waals surface area contributed by atoms with E-state index in [4.69, 9.17) is 4.74 Å². The van der Waals surface area contributed by atoms with Gasteiger partial charge < -0.3 is 20.5 Å². The number of aromatic nitrogens is 1. The third kappa shape index (κ3) is 3.05. The number of fused-ring (bicyclic) bond motifs is 2. The number of para-hydroxylation sites is 2. The van der Waals surface area contributed by atoms with Crippen molar-refractivity contribution in [2.45, 2.75) is 44.1 Å². The molecule has 2 aromatic rings. The first-order chi connectivity index (χ1) is 12.1. The third-order valence-electron chi connectivity index (χ3n) is 4.88. The molecule has 2 heterocycles. The second-order valence-corrected chi connectivity index (χ2v) is 6.72. The van der Waals surface area contributed by atoms with Gasteiger partial charge in [-0.15, -0.1) is 0 Å². The Hall–Kier alpha value is -2.60. The first kappa shape index (κ1) is 15.9. The Morgan fingerprint density at radius 2 is 2.16 bits per heavy atom. The number of carbonyl (C=O) groups excluding carboxylic acids is 1. The number of aliphatic hydroxyl groups is 1. The lowest BCUT2D eigenvalue weighted by atomic mass is 9.84. The van der Waals surface area contributed by atoms with Crippen LogP contribution < -0.4 is 15.4 Å². The lowest BCUT2D eigenvalue weighted by molar-refractivity contribution is 0.00959. The zero-order valence-corrected chi connectivity index (χ0v) is 14.0. The van der Waals surface area contributed by atoms with Crippen LogP contribution in [0, 0.1) is 6.92 Å². The SMILES string of the molecule is Cc1cncc(C(=O)N[C@@H]2CC[C@H]3Oc4ccccc4N[C@H]3[C@@H]2O)c1. The predicted molar refractivity (Wildman–Crippen MR) is 93.7 cm³/mol. The molecule has 1 amide bonds. The van der Waals surface area contributed by atoms with Gasteiger partial charge in [-0.25, -0.2) is 0 Å². The number of carbonyl (C=O) groups is 1. The van der Waals surface area contributed by atoms with E-state index < -0.39 is 6.10 Å². The van der Waals surface area contributed by atoms with E-state index in [0.717, 1.165) is 23.4 Å². The van der Waals surface area contributed by atoms with Gasteiger partial charge in [0.05, 0.1) is 29.4 Å². The molecule has 0 radical (unpaired) electrons. The number of hydrogen-bond acceptors (Lipinski definition) is 5. The predicted octanol–water partition coefficient (Wildman–Crippen LogP) is 1.88. The number of aliphatic hydroxyl groups excluding tert-OH is 1. The molecule has 1 saturated carbocycles. The molecule has 6 nitrogen and oxygen atoms in total. The van der Waals surface area contributed by atoms with E-state index in [1.807, 2.05) is 31.2 Å². The fraction of sp³-hybridized carbons (Fsp3) is 0.368. The molecule has 1 aromatic carbocycles. The topological polar surface area (TPSA) is 83.5 Å². The molecule has 0 saturated heterocycles. The minimum atomic E-state index is -0.728. The molecule has 1 aliphatic carbocycles. The van der Waals surface area contributed by atoms with E-state index in [0.29, 0.717) is 12.0 Å². The van der Waals surface area contributed by atoms with E-state index in [1.165, 1.54) is 0 Å². The Labute approximate surface area is 146 Å². The second kappa shape index (κ2) is 6.37. The van der Waals surface area contributed by atoms with Crippen molar-refractivity contribution in [1.82, 2.24) is 10.3 Å². The van der Waals surface area contributed by atoms with E-state index >= 15 is 0 Å². The monoisotopic (exact) mass is 339 g/mol. The highest BCUT2D eigenvalue weighted by Gasteiger charge is 2.43. The summed E-state index contributed by atoms with van der Waals surface area (Å²) in [6, 6.07) is 8.93. The number of pyridine rings is 1. The molecule has 4 rings (SSSR count). The summed E-state index contributed by atoms with van der Waals surface area (Å²) in [4.78, 5) is 16.5. The molecule has 1 aromatic heterocycles. The molecule has 0 spiro atoms. The Morgan fingerprint density at radius 3 is 3.00 bits per heavy atom. The highest BCUT2D eigenvalue weighted by atomic mass is 16.5. The van der Waals surface area contributed by atoms with E-state index in [9.17, 15) is 9.90 Å². The van der Waals surface area contributed by atoms with Crippen molar-refractivity contribution in [3.63, 3.8) is 0 Å². The smallest absolute Gasteiger partial charge is 0.253 e. The van der Waals surface area contributed by atoms with Crippen molar-refractivity contribution in [3.05, 3.63) is 53.9 Å². The molecular formula is C19H21N3O3. The molecule has 0 unspecified atom stereocenters. The van der Waals surface area contributed by atoms with Crippen LogP contribution >= 0.6 is 0 Å². The van der Waals surface area contributed by atoms with Gasteiger partial charge in [0.25, 0.3) is 5.91 Å². The van der Waals surface area contributed by atoms with Crippen molar-refractivity contribution >= 4 is 11.6 Å². The maximum Gasteiger partial charge on any atom is 0.253 e. The summed E-state index contributed by atoms with van der Waals surface area (Å²) in [5.41, 5.74) is 2.31. The molecule has 1 aliphatic heterocycles. The summed E-state index contributed by atoms with van der Waals surface area (Å²) < 4.78 is 6.01. The van der Waals surface area contributed by atoms with E-state index in [1.54, 1.807) is 18.5 Å². The molecule has 2 aliphatic rings. The Morgan fingerprint density at radius 1 is 1.32 bits per heavy atom. The number of benzene rings is 1. The first-order valence-corrected chi connectivity index (χ1v) is 8.54. The van der Waals surface area contributed by atoms with Gasteiger partial charge in [0, 0.05) is 12.4 Å². The van der Waals surface area contributed by atoms with Crippen LogP contribution in [-0.4, -0.2) is 40.3 Å². The summed E-state index contributed by atoms with van der Waals surface area (Å²) in [6.45, 7) is 1.89. The number of hydrogen-bond donors (Lipinski definition) is 3. The quantitative estimate of drug-likeness (QED) is 0.778. The van der Waals surface area contributed by atoms with E-state index in [2.05, 4.69) is 15.6 Å². The van der Waals surface area contributed by atoms with Gasteiger partial charge in [0.15, 0.2) is 0 Å². The van der Waals surface area contributed by atoms with Crippen LogP contribution in [0.2, 0.25) is 0 Å². The molecule has 6 heteroatoms. The molecule has 4 atom stereocenters. The number of nitrogens with zero attached hydrogens (tertiary/aromatic N) is 1.